The molecule has 1 rings (SSSR count). The number of carbonyl (C=O) groups is 2. The first-order chi connectivity index (χ1) is 8.28. The van der Waals surface area contributed by atoms with Gasteiger partial charge in [-0.15, -0.1) is 0 Å². The lowest BCUT2D eigenvalue weighted by molar-refractivity contribution is -0.139. The smallest absolute Gasteiger partial charge is 0.303 e. The number of halogens is 1. The Morgan fingerprint density at radius 1 is 1.33 bits per heavy atom. The minimum absolute atomic E-state index is 0.0211. The third kappa shape index (κ3) is 5.48. The number of amides is 1. The van der Waals surface area contributed by atoms with Crippen molar-refractivity contribution < 1.29 is 14.7 Å². The number of nitrogens with one attached hydrogen (secondary N) is 1. The zero-order valence-electron chi connectivity index (χ0n) is 10.4. The fourth-order valence-corrected chi connectivity index (χ4v) is 2.22. The zero-order valence-corrected chi connectivity index (χ0v) is 12.5. The largest absolute Gasteiger partial charge is 0.481 e. The van der Waals surface area contributed by atoms with Gasteiger partial charge in [0.2, 0.25) is 5.91 Å². The van der Waals surface area contributed by atoms with Gasteiger partial charge < -0.3 is 10.4 Å². The van der Waals surface area contributed by atoms with Crippen LogP contribution in [0.15, 0.2) is 24.3 Å². The molecule has 1 aromatic rings. The molecule has 0 aromatic heterocycles. The Balaban J connectivity index is 2.59. The number of anilines is 1. The Labute approximate surface area is 120 Å². The van der Waals surface area contributed by atoms with Gasteiger partial charge in [-0.1, -0.05) is 19.9 Å². The topological polar surface area (TPSA) is 66.4 Å². The van der Waals surface area contributed by atoms with Crippen LogP contribution < -0.4 is 5.32 Å². The summed E-state index contributed by atoms with van der Waals surface area (Å²) in [5.74, 6) is -1.05. The normalized spacial score (nSPS) is 11.1. The van der Waals surface area contributed by atoms with Crippen LogP contribution in [0, 0.1) is 8.99 Å². The lowest BCUT2D eigenvalue weighted by Crippen LogP contribution is -2.24. The quantitative estimate of drug-likeness (QED) is 0.792. The van der Waals surface area contributed by atoms with Gasteiger partial charge in [-0.2, -0.15) is 0 Å². The molecule has 0 unspecified atom stereocenters. The van der Waals surface area contributed by atoms with Crippen molar-refractivity contribution >= 4 is 40.2 Å². The lowest BCUT2D eigenvalue weighted by atomic mass is 9.85. The first-order valence-corrected chi connectivity index (χ1v) is 6.64. The minimum Gasteiger partial charge on any atom is -0.481 e. The molecule has 0 aliphatic rings. The van der Waals surface area contributed by atoms with Gasteiger partial charge in [0, 0.05) is 15.7 Å². The summed E-state index contributed by atoms with van der Waals surface area (Å²) in [4.78, 5) is 22.5. The highest BCUT2D eigenvalue weighted by Gasteiger charge is 2.25. The maximum Gasteiger partial charge on any atom is 0.303 e. The number of rotatable bonds is 5. The van der Waals surface area contributed by atoms with Gasteiger partial charge in [-0.25, -0.2) is 0 Å². The monoisotopic (exact) mass is 361 g/mol. The number of hydrogen-bond donors (Lipinski definition) is 2. The van der Waals surface area contributed by atoms with Crippen LogP contribution in [0.2, 0.25) is 0 Å². The maximum atomic E-state index is 11.8. The van der Waals surface area contributed by atoms with Crippen molar-refractivity contribution in [3.8, 4) is 0 Å². The summed E-state index contributed by atoms with van der Waals surface area (Å²) >= 11 is 2.17. The second-order valence-corrected chi connectivity index (χ2v) is 6.22. The number of hydrogen-bond acceptors (Lipinski definition) is 2. The van der Waals surface area contributed by atoms with E-state index >= 15 is 0 Å². The van der Waals surface area contributed by atoms with Crippen LogP contribution in [0.25, 0.3) is 0 Å². The molecule has 4 nitrogen and oxygen atoms in total. The van der Waals surface area contributed by atoms with Crippen molar-refractivity contribution in [1.82, 2.24) is 0 Å². The van der Waals surface area contributed by atoms with E-state index < -0.39 is 11.4 Å². The van der Waals surface area contributed by atoms with E-state index in [0.29, 0.717) is 0 Å². The average Bonchev–Trinajstić information content (AvgIpc) is 2.13. The summed E-state index contributed by atoms with van der Waals surface area (Å²) in [5.41, 5.74) is 0.190. The first kappa shape index (κ1) is 14.9. The van der Waals surface area contributed by atoms with Gasteiger partial charge in [0.05, 0.1) is 6.42 Å². The average molecular weight is 361 g/mol. The molecule has 0 saturated carbocycles. The molecule has 5 heteroatoms. The molecule has 1 aromatic carbocycles. The molecule has 18 heavy (non-hydrogen) atoms. The molecule has 0 aliphatic heterocycles. The van der Waals surface area contributed by atoms with E-state index in [4.69, 9.17) is 5.11 Å². The molecule has 98 valence electrons. The molecule has 0 radical (unpaired) electrons. The Morgan fingerprint density at radius 2 is 2.00 bits per heavy atom. The van der Waals surface area contributed by atoms with E-state index in [0.717, 1.165) is 9.26 Å². The molecule has 1 amide bonds. The predicted molar refractivity (Wildman–Crippen MR) is 78.4 cm³/mol. The van der Waals surface area contributed by atoms with E-state index in [-0.39, 0.29) is 18.7 Å². The van der Waals surface area contributed by atoms with Crippen LogP contribution in [0.3, 0.4) is 0 Å². The summed E-state index contributed by atoms with van der Waals surface area (Å²) in [5, 5.41) is 11.5. The van der Waals surface area contributed by atoms with Crippen LogP contribution in [0.5, 0.6) is 0 Å². The Bertz CT molecular complexity index is 457. The third-order valence-corrected chi connectivity index (χ3v) is 3.05. The van der Waals surface area contributed by atoms with Crippen molar-refractivity contribution in [3.63, 3.8) is 0 Å². The van der Waals surface area contributed by atoms with E-state index in [2.05, 4.69) is 27.9 Å². The highest BCUT2D eigenvalue weighted by Crippen LogP contribution is 2.25. The standard InChI is InChI=1S/C13H16INO3/c1-13(2,8-12(17)18)7-11(16)15-10-5-3-4-9(14)6-10/h3-6H,7-8H2,1-2H3,(H,15,16)(H,17,18). The highest BCUT2D eigenvalue weighted by atomic mass is 127. The molecule has 2 N–H and O–H groups in total. The molecule has 0 bridgehead atoms. The summed E-state index contributed by atoms with van der Waals surface area (Å²) < 4.78 is 1.04. The van der Waals surface area contributed by atoms with Crippen LogP contribution >= 0.6 is 22.6 Å². The van der Waals surface area contributed by atoms with E-state index in [9.17, 15) is 9.59 Å². The van der Waals surface area contributed by atoms with Gasteiger partial charge in [-0.05, 0) is 46.2 Å². The van der Waals surface area contributed by atoms with Gasteiger partial charge in [0.15, 0.2) is 0 Å². The molecule has 0 fully saturated rings. The molecule has 0 saturated heterocycles. The van der Waals surface area contributed by atoms with Crippen molar-refractivity contribution in [3.05, 3.63) is 27.8 Å². The fraction of sp³-hybridized carbons (Fsp3) is 0.385. The number of aliphatic carboxylic acids is 1. The molecule has 0 atom stereocenters. The van der Waals surface area contributed by atoms with Crippen LogP contribution in [-0.4, -0.2) is 17.0 Å². The van der Waals surface area contributed by atoms with Crippen molar-refractivity contribution in [2.24, 2.45) is 5.41 Å². The second kappa shape index (κ2) is 6.17. The number of benzene rings is 1. The highest BCUT2D eigenvalue weighted by molar-refractivity contribution is 14.1. The van der Waals surface area contributed by atoms with Crippen molar-refractivity contribution in [2.75, 3.05) is 5.32 Å². The summed E-state index contributed by atoms with van der Waals surface area (Å²) in [6.07, 6.45) is 0.164. The molecule has 0 spiro atoms. The van der Waals surface area contributed by atoms with E-state index in [1.807, 2.05) is 24.3 Å². The first-order valence-electron chi connectivity index (χ1n) is 5.56. The lowest BCUT2D eigenvalue weighted by Gasteiger charge is -2.21. The Morgan fingerprint density at radius 3 is 2.56 bits per heavy atom. The second-order valence-electron chi connectivity index (χ2n) is 4.97. The maximum absolute atomic E-state index is 11.8. The minimum atomic E-state index is -0.887. The Kier molecular flexibility index (Phi) is 5.13. The van der Waals surface area contributed by atoms with Crippen LogP contribution in [0.4, 0.5) is 5.69 Å². The van der Waals surface area contributed by atoms with Gasteiger partial charge in [-0.3, -0.25) is 9.59 Å². The number of carbonyl (C=O) groups excluding carboxylic acids is 1. The van der Waals surface area contributed by atoms with E-state index in [1.165, 1.54) is 0 Å². The molecule has 0 heterocycles. The predicted octanol–water partition coefficient (Wildman–Crippen LogP) is 3.12. The van der Waals surface area contributed by atoms with Gasteiger partial charge >= 0.3 is 5.97 Å². The van der Waals surface area contributed by atoms with Crippen LogP contribution in [0.1, 0.15) is 26.7 Å². The van der Waals surface area contributed by atoms with Crippen molar-refractivity contribution in [1.29, 1.82) is 0 Å². The van der Waals surface area contributed by atoms with Crippen LogP contribution in [-0.2, 0) is 9.59 Å². The van der Waals surface area contributed by atoms with Crippen molar-refractivity contribution in [2.45, 2.75) is 26.7 Å². The summed E-state index contributed by atoms with van der Waals surface area (Å²) in [6.45, 7) is 3.55. The molecular weight excluding hydrogens is 345 g/mol. The number of carboxylic acid groups (broad SMARTS) is 1. The SMILES string of the molecule is CC(C)(CC(=O)O)CC(=O)Nc1cccc(I)c1. The summed E-state index contributed by atoms with van der Waals surface area (Å²) in [7, 11) is 0. The number of carboxylic acids is 1. The molecule has 0 aliphatic carbocycles. The fourth-order valence-electron chi connectivity index (χ4n) is 1.68. The van der Waals surface area contributed by atoms with E-state index in [1.54, 1.807) is 13.8 Å². The zero-order chi connectivity index (χ0) is 13.8. The molecular formula is C13H16INO3. The van der Waals surface area contributed by atoms with Gasteiger partial charge in [0.25, 0.3) is 0 Å². The van der Waals surface area contributed by atoms with Gasteiger partial charge in [0.1, 0.15) is 0 Å². The summed E-state index contributed by atoms with van der Waals surface area (Å²) in [6, 6.07) is 7.47. The third-order valence-electron chi connectivity index (χ3n) is 2.38. The Hall–Kier alpha value is -1.11.